The van der Waals surface area contributed by atoms with Crippen molar-refractivity contribution >= 4 is 0 Å². The highest BCUT2D eigenvalue weighted by atomic mass is 15.0. The molecule has 0 heterocycles. The third-order valence-electron chi connectivity index (χ3n) is 2.33. The van der Waals surface area contributed by atoms with E-state index >= 15 is 0 Å². The van der Waals surface area contributed by atoms with E-state index in [4.69, 9.17) is 0 Å². The van der Waals surface area contributed by atoms with Crippen molar-refractivity contribution in [1.29, 1.82) is 0 Å². The Labute approximate surface area is 64.2 Å². The van der Waals surface area contributed by atoms with E-state index < -0.39 is 0 Å². The largest absolute Gasteiger partial charge is 0.312 e. The number of rotatable bonds is 5. The Bertz CT molecular complexity index is 94.9. The summed E-state index contributed by atoms with van der Waals surface area (Å²) in [4.78, 5) is 0. The average Bonchev–Trinajstić information content (AvgIpc) is 2.62. The monoisotopic (exact) mass is 141 g/mol. The van der Waals surface area contributed by atoms with Gasteiger partial charge in [-0.05, 0) is 32.7 Å². The fourth-order valence-electron chi connectivity index (χ4n) is 1.13. The molecule has 0 aromatic rings. The van der Waals surface area contributed by atoms with Gasteiger partial charge in [-0.1, -0.05) is 19.8 Å². The molecule has 0 amide bonds. The maximum atomic E-state index is 3.57. The summed E-state index contributed by atoms with van der Waals surface area (Å²) in [6, 6.07) is 0. The van der Waals surface area contributed by atoms with Crippen LogP contribution in [0, 0.1) is 0 Å². The van der Waals surface area contributed by atoms with Gasteiger partial charge >= 0.3 is 0 Å². The lowest BCUT2D eigenvalue weighted by atomic mass is 10.2. The molecule has 1 aliphatic carbocycles. The molecule has 0 unspecified atom stereocenters. The molecule has 0 aromatic carbocycles. The summed E-state index contributed by atoms with van der Waals surface area (Å²) in [5.41, 5.74) is 0.549. The Morgan fingerprint density at radius 2 is 2.00 bits per heavy atom. The van der Waals surface area contributed by atoms with Gasteiger partial charge in [0.2, 0.25) is 0 Å². The van der Waals surface area contributed by atoms with Crippen molar-refractivity contribution in [2.75, 3.05) is 6.54 Å². The maximum Gasteiger partial charge on any atom is 0.0154 e. The molecule has 0 spiro atoms. The van der Waals surface area contributed by atoms with E-state index in [1.807, 2.05) is 0 Å². The van der Waals surface area contributed by atoms with Gasteiger partial charge in [0.25, 0.3) is 0 Å². The van der Waals surface area contributed by atoms with Crippen molar-refractivity contribution in [2.24, 2.45) is 0 Å². The average molecular weight is 141 g/mol. The van der Waals surface area contributed by atoms with Crippen LogP contribution in [-0.4, -0.2) is 12.1 Å². The number of hydrogen-bond acceptors (Lipinski definition) is 1. The van der Waals surface area contributed by atoms with E-state index in [0.717, 1.165) is 0 Å². The fraction of sp³-hybridized carbons (Fsp3) is 1.00. The van der Waals surface area contributed by atoms with Crippen molar-refractivity contribution in [2.45, 2.75) is 51.5 Å². The van der Waals surface area contributed by atoms with Crippen molar-refractivity contribution in [1.82, 2.24) is 5.32 Å². The third-order valence-corrected chi connectivity index (χ3v) is 2.33. The van der Waals surface area contributed by atoms with Gasteiger partial charge in [-0.2, -0.15) is 0 Å². The van der Waals surface area contributed by atoms with Crippen LogP contribution in [0.1, 0.15) is 46.0 Å². The molecule has 0 aliphatic heterocycles. The maximum absolute atomic E-state index is 3.57. The van der Waals surface area contributed by atoms with Crippen LogP contribution in [0.15, 0.2) is 0 Å². The Balaban J connectivity index is 1.86. The summed E-state index contributed by atoms with van der Waals surface area (Å²) in [6.07, 6.45) is 6.84. The van der Waals surface area contributed by atoms with E-state index in [1.54, 1.807) is 0 Å². The molecule has 1 rings (SSSR count). The van der Waals surface area contributed by atoms with Gasteiger partial charge < -0.3 is 5.32 Å². The first-order valence-corrected chi connectivity index (χ1v) is 4.52. The predicted molar refractivity (Wildman–Crippen MR) is 45.2 cm³/mol. The molecular formula is C9H19N. The van der Waals surface area contributed by atoms with E-state index in [9.17, 15) is 0 Å². The van der Waals surface area contributed by atoms with Crippen LogP contribution in [-0.2, 0) is 0 Å². The molecule has 1 heteroatoms. The summed E-state index contributed by atoms with van der Waals surface area (Å²) in [7, 11) is 0. The molecule has 0 bridgehead atoms. The van der Waals surface area contributed by atoms with Crippen LogP contribution in [0.5, 0.6) is 0 Å². The molecule has 60 valence electrons. The van der Waals surface area contributed by atoms with Gasteiger partial charge in [0.05, 0.1) is 0 Å². The summed E-state index contributed by atoms with van der Waals surface area (Å²) >= 11 is 0. The number of hydrogen-bond donors (Lipinski definition) is 1. The summed E-state index contributed by atoms with van der Waals surface area (Å²) in [6.45, 7) is 5.79. The van der Waals surface area contributed by atoms with Crippen molar-refractivity contribution in [3.05, 3.63) is 0 Å². The summed E-state index contributed by atoms with van der Waals surface area (Å²) in [5.74, 6) is 0. The topological polar surface area (TPSA) is 12.0 Å². The van der Waals surface area contributed by atoms with E-state index in [2.05, 4.69) is 19.2 Å². The van der Waals surface area contributed by atoms with Crippen molar-refractivity contribution in [3.8, 4) is 0 Å². The highest BCUT2D eigenvalue weighted by Gasteiger charge is 2.35. The lowest BCUT2D eigenvalue weighted by molar-refractivity contribution is 0.515. The van der Waals surface area contributed by atoms with Crippen molar-refractivity contribution in [3.63, 3.8) is 0 Å². The first-order valence-electron chi connectivity index (χ1n) is 4.52. The standard InChI is InChI=1S/C9H19N/c1-3-4-5-8-10-9(2)6-7-9/h10H,3-8H2,1-2H3. The number of nitrogens with one attached hydrogen (secondary N) is 1. The van der Waals surface area contributed by atoms with E-state index in [0.29, 0.717) is 5.54 Å². The van der Waals surface area contributed by atoms with E-state index in [1.165, 1.54) is 38.6 Å². The highest BCUT2D eigenvalue weighted by molar-refractivity contribution is 4.96. The fourth-order valence-corrected chi connectivity index (χ4v) is 1.13. The quantitative estimate of drug-likeness (QED) is 0.579. The second kappa shape index (κ2) is 3.38. The molecule has 0 aromatic heterocycles. The minimum Gasteiger partial charge on any atom is -0.312 e. The summed E-state index contributed by atoms with van der Waals surface area (Å²) < 4.78 is 0. The van der Waals surface area contributed by atoms with Gasteiger partial charge in [0.1, 0.15) is 0 Å². The minimum atomic E-state index is 0.549. The van der Waals surface area contributed by atoms with Gasteiger partial charge in [-0.25, -0.2) is 0 Å². The zero-order valence-corrected chi connectivity index (χ0v) is 7.24. The smallest absolute Gasteiger partial charge is 0.0154 e. The van der Waals surface area contributed by atoms with Crippen LogP contribution in [0.4, 0.5) is 0 Å². The molecular weight excluding hydrogens is 122 g/mol. The predicted octanol–water partition coefficient (Wildman–Crippen LogP) is 2.32. The Morgan fingerprint density at radius 1 is 1.30 bits per heavy atom. The van der Waals surface area contributed by atoms with E-state index in [-0.39, 0.29) is 0 Å². The lowest BCUT2D eigenvalue weighted by Gasteiger charge is -2.09. The van der Waals surface area contributed by atoms with Crippen LogP contribution in [0.2, 0.25) is 0 Å². The van der Waals surface area contributed by atoms with Gasteiger partial charge in [-0.3, -0.25) is 0 Å². The Hall–Kier alpha value is -0.0400. The first-order chi connectivity index (χ1) is 4.77. The molecule has 1 fully saturated rings. The molecule has 0 atom stereocenters. The lowest BCUT2D eigenvalue weighted by Crippen LogP contribution is -2.28. The zero-order valence-electron chi connectivity index (χ0n) is 7.24. The van der Waals surface area contributed by atoms with Crippen LogP contribution in [0.25, 0.3) is 0 Å². The van der Waals surface area contributed by atoms with Gasteiger partial charge in [0, 0.05) is 5.54 Å². The first kappa shape index (κ1) is 8.06. The molecule has 1 nitrogen and oxygen atoms in total. The zero-order chi connectivity index (χ0) is 7.45. The second-order valence-corrected chi connectivity index (χ2v) is 3.69. The number of unbranched alkanes of at least 4 members (excludes halogenated alkanes) is 2. The second-order valence-electron chi connectivity index (χ2n) is 3.69. The SMILES string of the molecule is CCCCCNC1(C)CC1. The molecule has 10 heavy (non-hydrogen) atoms. The van der Waals surface area contributed by atoms with Crippen LogP contribution >= 0.6 is 0 Å². The molecule has 0 saturated heterocycles. The Kier molecular flexibility index (Phi) is 2.72. The van der Waals surface area contributed by atoms with Crippen LogP contribution < -0.4 is 5.32 Å². The van der Waals surface area contributed by atoms with Gasteiger partial charge in [0.15, 0.2) is 0 Å². The Morgan fingerprint density at radius 3 is 2.50 bits per heavy atom. The highest BCUT2D eigenvalue weighted by Crippen LogP contribution is 2.33. The molecule has 1 N–H and O–H groups in total. The molecule has 1 aliphatic rings. The van der Waals surface area contributed by atoms with Crippen LogP contribution in [0.3, 0.4) is 0 Å². The third kappa shape index (κ3) is 2.70. The molecule has 1 saturated carbocycles. The van der Waals surface area contributed by atoms with Crippen molar-refractivity contribution < 1.29 is 0 Å². The minimum absolute atomic E-state index is 0.549. The molecule has 0 radical (unpaired) electrons. The van der Waals surface area contributed by atoms with Gasteiger partial charge in [-0.15, -0.1) is 0 Å². The normalized spacial score (nSPS) is 21.0. The summed E-state index contributed by atoms with van der Waals surface area (Å²) in [5, 5.41) is 3.57.